The third kappa shape index (κ3) is 3.70. The fourth-order valence-corrected chi connectivity index (χ4v) is 4.51. The number of pyridine rings is 1. The first-order valence-electron chi connectivity index (χ1n) is 9.88. The molecule has 0 N–H and O–H groups in total. The summed E-state index contributed by atoms with van der Waals surface area (Å²) in [6, 6.07) is 5.97. The third-order valence-electron chi connectivity index (χ3n) is 5.97. The van der Waals surface area contributed by atoms with Gasteiger partial charge in [-0.15, -0.1) is 10.2 Å². The molecule has 1 amide bonds. The van der Waals surface area contributed by atoms with Gasteiger partial charge in [0.1, 0.15) is 5.82 Å². The van der Waals surface area contributed by atoms with Crippen LogP contribution in [0.5, 0.6) is 0 Å². The van der Waals surface area contributed by atoms with Crippen LogP contribution >= 0.6 is 0 Å². The van der Waals surface area contributed by atoms with Crippen LogP contribution in [-0.4, -0.2) is 38.5 Å². The lowest BCUT2D eigenvalue weighted by Crippen LogP contribution is -2.39. The number of rotatable bonds is 4. The molecular formula is C20H28N4O. The van der Waals surface area contributed by atoms with Gasteiger partial charge < -0.3 is 4.90 Å². The third-order valence-corrected chi connectivity index (χ3v) is 5.97. The van der Waals surface area contributed by atoms with E-state index in [1.165, 1.54) is 32.1 Å². The predicted molar refractivity (Wildman–Crippen MR) is 97.4 cm³/mol. The monoisotopic (exact) mass is 340 g/mol. The minimum Gasteiger partial charge on any atom is -0.342 e. The number of carbonyl (C=O) groups is 1. The van der Waals surface area contributed by atoms with Gasteiger partial charge in [-0.3, -0.25) is 9.20 Å². The zero-order chi connectivity index (χ0) is 17.1. The highest BCUT2D eigenvalue weighted by Crippen LogP contribution is 2.29. The lowest BCUT2D eigenvalue weighted by atomic mass is 9.86. The molecule has 5 heteroatoms. The lowest BCUT2D eigenvalue weighted by molar-refractivity contribution is -0.132. The van der Waals surface area contributed by atoms with Gasteiger partial charge in [0.15, 0.2) is 5.65 Å². The van der Waals surface area contributed by atoms with E-state index in [0.717, 1.165) is 56.2 Å². The van der Waals surface area contributed by atoms with E-state index >= 15 is 0 Å². The number of likely N-dealkylation sites (tertiary alicyclic amines) is 1. The molecule has 1 saturated heterocycles. The second kappa shape index (κ2) is 7.54. The average molecular weight is 340 g/mol. The standard InChI is InChI=1S/C20H28N4O/c25-19(12-11-16-7-2-1-3-8-16)23-13-6-9-17(15-23)20-22-21-18-10-4-5-14-24(18)20/h4-5,10,14,16-17H,1-3,6-9,11-13,15H2/t17-/m1/s1. The summed E-state index contributed by atoms with van der Waals surface area (Å²) in [6.45, 7) is 1.69. The number of fused-ring (bicyclic) bond motifs is 1. The highest BCUT2D eigenvalue weighted by molar-refractivity contribution is 5.76. The molecular weight excluding hydrogens is 312 g/mol. The molecule has 2 aromatic heterocycles. The fraction of sp³-hybridized carbons (Fsp3) is 0.650. The van der Waals surface area contributed by atoms with Crippen molar-refractivity contribution >= 4 is 11.6 Å². The van der Waals surface area contributed by atoms with Crippen LogP contribution in [0.15, 0.2) is 24.4 Å². The summed E-state index contributed by atoms with van der Waals surface area (Å²) in [5.41, 5.74) is 0.887. The minimum atomic E-state index is 0.296. The maximum absolute atomic E-state index is 12.7. The zero-order valence-corrected chi connectivity index (χ0v) is 14.9. The van der Waals surface area contributed by atoms with Gasteiger partial charge in [-0.2, -0.15) is 0 Å². The Kier molecular flexibility index (Phi) is 4.99. The van der Waals surface area contributed by atoms with Crippen LogP contribution in [0.2, 0.25) is 0 Å². The summed E-state index contributed by atoms with van der Waals surface area (Å²) in [5, 5.41) is 8.68. The van der Waals surface area contributed by atoms with Crippen molar-refractivity contribution in [3.05, 3.63) is 30.2 Å². The van der Waals surface area contributed by atoms with Crippen molar-refractivity contribution in [3.8, 4) is 0 Å². The normalized spacial score (nSPS) is 22.4. The van der Waals surface area contributed by atoms with Crippen LogP contribution in [0.25, 0.3) is 5.65 Å². The maximum Gasteiger partial charge on any atom is 0.222 e. The predicted octanol–water partition coefficient (Wildman–Crippen LogP) is 3.80. The van der Waals surface area contributed by atoms with Gasteiger partial charge in [-0.05, 0) is 37.3 Å². The van der Waals surface area contributed by atoms with Gasteiger partial charge >= 0.3 is 0 Å². The summed E-state index contributed by atoms with van der Waals surface area (Å²) < 4.78 is 2.07. The lowest BCUT2D eigenvalue weighted by Gasteiger charge is -2.32. The summed E-state index contributed by atoms with van der Waals surface area (Å²) in [6.07, 6.45) is 12.7. The Labute approximate surface area is 149 Å². The Bertz CT molecular complexity index is 719. The molecule has 0 spiro atoms. The number of piperidine rings is 1. The van der Waals surface area contributed by atoms with E-state index in [1.807, 2.05) is 24.4 Å². The molecule has 3 heterocycles. The van der Waals surface area contributed by atoms with E-state index in [-0.39, 0.29) is 0 Å². The zero-order valence-electron chi connectivity index (χ0n) is 14.9. The van der Waals surface area contributed by atoms with Crippen molar-refractivity contribution in [3.63, 3.8) is 0 Å². The number of carbonyl (C=O) groups excluding carboxylic acids is 1. The Morgan fingerprint density at radius 1 is 1.08 bits per heavy atom. The van der Waals surface area contributed by atoms with Crippen LogP contribution in [-0.2, 0) is 4.79 Å². The van der Waals surface area contributed by atoms with Gasteiger partial charge in [0.25, 0.3) is 0 Å². The highest BCUT2D eigenvalue weighted by atomic mass is 16.2. The highest BCUT2D eigenvalue weighted by Gasteiger charge is 2.28. The van der Waals surface area contributed by atoms with E-state index in [0.29, 0.717) is 11.8 Å². The summed E-state index contributed by atoms with van der Waals surface area (Å²) >= 11 is 0. The van der Waals surface area contributed by atoms with E-state index in [4.69, 9.17) is 0 Å². The van der Waals surface area contributed by atoms with Crippen LogP contribution < -0.4 is 0 Å². The molecule has 1 aliphatic heterocycles. The molecule has 2 fully saturated rings. The molecule has 1 saturated carbocycles. The minimum absolute atomic E-state index is 0.296. The van der Waals surface area contributed by atoms with Crippen molar-refractivity contribution in [1.82, 2.24) is 19.5 Å². The Morgan fingerprint density at radius 2 is 1.96 bits per heavy atom. The van der Waals surface area contributed by atoms with Gasteiger partial charge in [-0.25, -0.2) is 0 Å². The smallest absolute Gasteiger partial charge is 0.222 e. The Hall–Kier alpha value is -1.91. The summed E-state index contributed by atoms with van der Waals surface area (Å²) in [5.74, 6) is 2.41. The second-order valence-electron chi connectivity index (χ2n) is 7.71. The van der Waals surface area contributed by atoms with Crippen LogP contribution in [0.1, 0.15) is 69.5 Å². The first-order chi connectivity index (χ1) is 12.3. The first-order valence-corrected chi connectivity index (χ1v) is 9.88. The van der Waals surface area contributed by atoms with Crippen LogP contribution in [0.3, 0.4) is 0 Å². The molecule has 4 rings (SSSR count). The van der Waals surface area contributed by atoms with Gasteiger partial charge in [0, 0.05) is 31.6 Å². The van der Waals surface area contributed by atoms with E-state index in [9.17, 15) is 4.79 Å². The number of nitrogens with zero attached hydrogens (tertiary/aromatic N) is 4. The number of hydrogen-bond donors (Lipinski definition) is 0. The molecule has 1 atom stereocenters. The molecule has 134 valence electrons. The van der Waals surface area contributed by atoms with Crippen molar-refractivity contribution in [1.29, 1.82) is 0 Å². The topological polar surface area (TPSA) is 50.5 Å². The van der Waals surface area contributed by atoms with Crippen molar-refractivity contribution in [2.45, 2.75) is 63.7 Å². The van der Waals surface area contributed by atoms with Gasteiger partial charge in [0.05, 0.1) is 0 Å². The van der Waals surface area contributed by atoms with Crippen LogP contribution in [0, 0.1) is 5.92 Å². The second-order valence-corrected chi connectivity index (χ2v) is 7.71. The molecule has 25 heavy (non-hydrogen) atoms. The molecule has 2 aromatic rings. The van der Waals surface area contributed by atoms with E-state index < -0.39 is 0 Å². The molecule has 2 aliphatic rings. The van der Waals surface area contributed by atoms with E-state index in [1.54, 1.807) is 0 Å². The SMILES string of the molecule is O=C(CCC1CCCCC1)N1CCC[C@@H](c2nnc3ccccn23)C1. The van der Waals surface area contributed by atoms with E-state index in [2.05, 4.69) is 19.5 Å². The molecule has 0 bridgehead atoms. The summed E-state index contributed by atoms with van der Waals surface area (Å²) in [4.78, 5) is 14.8. The van der Waals surface area contributed by atoms with Gasteiger partial charge in [0.2, 0.25) is 5.91 Å². The average Bonchev–Trinajstić information content (AvgIpc) is 3.11. The molecule has 0 aromatic carbocycles. The Balaban J connectivity index is 1.38. The van der Waals surface area contributed by atoms with Crippen molar-refractivity contribution < 1.29 is 4.79 Å². The quantitative estimate of drug-likeness (QED) is 0.851. The molecule has 1 aliphatic carbocycles. The Morgan fingerprint density at radius 3 is 2.84 bits per heavy atom. The fourth-order valence-electron chi connectivity index (χ4n) is 4.51. The van der Waals surface area contributed by atoms with Crippen molar-refractivity contribution in [2.24, 2.45) is 5.92 Å². The first kappa shape index (κ1) is 16.6. The van der Waals surface area contributed by atoms with Crippen molar-refractivity contribution in [2.75, 3.05) is 13.1 Å². The molecule has 0 radical (unpaired) electrons. The van der Waals surface area contributed by atoms with Gasteiger partial charge in [-0.1, -0.05) is 38.2 Å². The summed E-state index contributed by atoms with van der Waals surface area (Å²) in [7, 11) is 0. The number of amides is 1. The molecule has 0 unspecified atom stereocenters. The van der Waals surface area contributed by atoms with Crippen LogP contribution in [0.4, 0.5) is 0 Å². The number of aromatic nitrogens is 3. The molecule has 5 nitrogen and oxygen atoms in total. The largest absolute Gasteiger partial charge is 0.342 e. The number of hydrogen-bond acceptors (Lipinski definition) is 3. The maximum atomic E-state index is 12.7.